The molecule has 2 aromatic heterocycles. The smallest absolute Gasteiger partial charge is 0.274 e. The molecule has 0 spiro atoms. The predicted octanol–water partition coefficient (Wildman–Crippen LogP) is 3.04. The van der Waals surface area contributed by atoms with Crippen molar-refractivity contribution >= 4 is 17.3 Å². The van der Waals surface area contributed by atoms with E-state index in [1.54, 1.807) is 49.0 Å². The third-order valence-corrected chi connectivity index (χ3v) is 3.78. The van der Waals surface area contributed by atoms with Crippen molar-refractivity contribution in [2.24, 2.45) is 0 Å². The summed E-state index contributed by atoms with van der Waals surface area (Å²) in [4.78, 5) is 27.2. The first-order valence-corrected chi connectivity index (χ1v) is 7.50. The van der Waals surface area contributed by atoms with Gasteiger partial charge in [-0.2, -0.15) is 5.10 Å². The number of aromatic nitrogens is 3. The number of nitro groups is 1. The highest BCUT2D eigenvalue weighted by molar-refractivity contribution is 6.05. The Balaban J connectivity index is 1.87. The molecular weight excluding hydrogens is 322 g/mol. The summed E-state index contributed by atoms with van der Waals surface area (Å²) in [6.07, 6.45) is 3.09. The van der Waals surface area contributed by atoms with Gasteiger partial charge in [0.25, 0.3) is 11.6 Å². The highest BCUT2D eigenvalue weighted by atomic mass is 16.6. The zero-order chi connectivity index (χ0) is 18.0. The maximum Gasteiger partial charge on any atom is 0.274 e. The fourth-order valence-corrected chi connectivity index (χ4v) is 2.42. The monoisotopic (exact) mass is 337 g/mol. The molecule has 126 valence electrons. The maximum absolute atomic E-state index is 12.5. The minimum Gasteiger partial charge on any atom is -0.322 e. The number of amides is 1. The van der Waals surface area contributed by atoms with Crippen LogP contribution in [0, 0.1) is 24.0 Å². The van der Waals surface area contributed by atoms with Crippen LogP contribution < -0.4 is 5.32 Å². The molecule has 8 nitrogen and oxygen atoms in total. The van der Waals surface area contributed by atoms with Crippen LogP contribution in [-0.2, 0) is 0 Å². The second-order valence-corrected chi connectivity index (χ2v) is 5.46. The molecule has 0 aliphatic carbocycles. The zero-order valence-electron chi connectivity index (χ0n) is 13.6. The van der Waals surface area contributed by atoms with Crippen molar-refractivity contribution in [3.8, 4) is 5.82 Å². The Morgan fingerprint density at radius 2 is 2.04 bits per heavy atom. The third-order valence-electron chi connectivity index (χ3n) is 3.78. The zero-order valence-corrected chi connectivity index (χ0v) is 13.6. The van der Waals surface area contributed by atoms with Crippen molar-refractivity contribution in [1.82, 2.24) is 14.8 Å². The minimum absolute atomic E-state index is 0.0429. The minimum atomic E-state index is -0.477. The van der Waals surface area contributed by atoms with Crippen LogP contribution >= 0.6 is 0 Å². The van der Waals surface area contributed by atoms with E-state index in [4.69, 9.17) is 0 Å². The third kappa shape index (κ3) is 3.23. The molecule has 1 amide bonds. The average Bonchev–Trinajstić information content (AvgIpc) is 2.98. The van der Waals surface area contributed by atoms with Gasteiger partial charge in [-0.15, -0.1) is 0 Å². The number of nitrogens with one attached hydrogen (secondary N) is 1. The van der Waals surface area contributed by atoms with E-state index in [0.717, 1.165) is 0 Å². The van der Waals surface area contributed by atoms with Crippen LogP contribution in [-0.4, -0.2) is 25.6 Å². The first-order valence-electron chi connectivity index (χ1n) is 7.50. The Bertz CT molecular complexity index is 950. The molecule has 0 unspecified atom stereocenters. The Hall–Kier alpha value is -3.55. The van der Waals surface area contributed by atoms with Gasteiger partial charge in [0.05, 0.1) is 22.4 Å². The molecule has 0 aliphatic rings. The van der Waals surface area contributed by atoms with Crippen molar-refractivity contribution in [2.75, 3.05) is 5.32 Å². The number of benzene rings is 1. The van der Waals surface area contributed by atoms with Gasteiger partial charge in [0.1, 0.15) is 0 Å². The van der Waals surface area contributed by atoms with Gasteiger partial charge >= 0.3 is 0 Å². The van der Waals surface area contributed by atoms with E-state index in [9.17, 15) is 14.9 Å². The largest absolute Gasteiger partial charge is 0.322 e. The Kier molecular flexibility index (Phi) is 4.25. The van der Waals surface area contributed by atoms with Gasteiger partial charge in [0.2, 0.25) is 0 Å². The number of nitro benzene ring substituents is 1. The summed E-state index contributed by atoms with van der Waals surface area (Å²) < 4.78 is 1.56. The summed E-state index contributed by atoms with van der Waals surface area (Å²) in [6.45, 7) is 3.40. The fourth-order valence-electron chi connectivity index (χ4n) is 2.42. The number of carbonyl (C=O) groups excluding carboxylic acids is 1. The van der Waals surface area contributed by atoms with E-state index in [1.807, 2.05) is 6.07 Å². The van der Waals surface area contributed by atoms with Crippen LogP contribution in [0.15, 0.2) is 48.8 Å². The highest BCUT2D eigenvalue weighted by Gasteiger charge is 2.17. The lowest BCUT2D eigenvalue weighted by atomic mass is 10.1. The summed E-state index contributed by atoms with van der Waals surface area (Å²) in [5.74, 6) is 0.211. The lowest BCUT2D eigenvalue weighted by molar-refractivity contribution is -0.385. The average molecular weight is 337 g/mol. The molecule has 0 aliphatic heterocycles. The van der Waals surface area contributed by atoms with Crippen molar-refractivity contribution in [3.05, 3.63) is 75.7 Å². The van der Waals surface area contributed by atoms with Gasteiger partial charge in [0.15, 0.2) is 5.82 Å². The lowest BCUT2D eigenvalue weighted by Gasteiger charge is -2.07. The van der Waals surface area contributed by atoms with Crippen LogP contribution in [0.3, 0.4) is 0 Å². The molecule has 3 rings (SSSR count). The number of carbonyl (C=O) groups is 1. The van der Waals surface area contributed by atoms with E-state index in [1.165, 1.54) is 12.3 Å². The molecule has 0 fully saturated rings. The van der Waals surface area contributed by atoms with E-state index in [2.05, 4.69) is 15.4 Å². The number of anilines is 1. The van der Waals surface area contributed by atoms with E-state index in [0.29, 0.717) is 28.3 Å². The van der Waals surface area contributed by atoms with Crippen molar-refractivity contribution < 1.29 is 9.72 Å². The molecule has 0 atom stereocenters. The second-order valence-electron chi connectivity index (χ2n) is 5.46. The molecule has 0 radical (unpaired) electrons. The molecule has 0 bridgehead atoms. The van der Waals surface area contributed by atoms with Crippen molar-refractivity contribution in [1.29, 1.82) is 0 Å². The number of nitrogens with zero attached hydrogens (tertiary/aromatic N) is 4. The van der Waals surface area contributed by atoms with Crippen LogP contribution in [0.1, 0.15) is 21.6 Å². The Labute approximate surface area is 143 Å². The van der Waals surface area contributed by atoms with Crippen molar-refractivity contribution in [3.63, 3.8) is 0 Å². The fraction of sp³-hybridized carbons (Fsp3) is 0.118. The molecule has 2 heterocycles. The molecule has 1 N–H and O–H groups in total. The van der Waals surface area contributed by atoms with Crippen molar-refractivity contribution in [2.45, 2.75) is 13.8 Å². The summed E-state index contributed by atoms with van der Waals surface area (Å²) in [7, 11) is 0. The molecule has 1 aromatic carbocycles. The summed E-state index contributed by atoms with van der Waals surface area (Å²) in [6, 6.07) is 9.96. The number of hydrogen-bond acceptors (Lipinski definition) is 5. The van der Waals surface area contributed by atoms with Gasteiger partial charge in [-0.25, -0.2) is 9.67 Å². The number of hydrogen-bond donors (Lipinski definition) is 1. The number of rotatable bonds is 4. The molecule has 8 heteroatoms. The summed E-state index contributed by atoms with van der Waals surface area (Å²) in [5.41, 5.74) is 1.83. The Morgan fingerprint density at radius 3 is 2.72 bits per heavy atom. The SMILES string of the molecule is Cc1ccc(NC(=O)c2cnn(-c3ccccn3)c2C)cc1[N+](=O)[O-]. The predicted molar refractivity (Wildman–Crippen MR) is 91.9 cm³/mol. The van der Waals surface area contributed by atoms with E-state index >= 15 is 0 Å². The van der Waals surface area contributed by atoms with Crippen LogP contribution in [0.5, 0.6) is 0 Å². The standard InChI is InChI=1S/C17H15N5O3/c1-11-6-7-13(9-15(11)22(24)25)20-17(23)14-10-19-21(12(14)2)16-5-3-4-8-18-16/h3-10H,1-2H3,(H,20,23). The summed E-state index contributed by atoms with van der Waals surface area (Å²) in [5, 5.41) is 17.9. The molecular formula is C17H15N5O3. The quantitative estimate of drug-likeness (QED) is 0.582. The highest BCUT2D eigenvalue weighted by Crippen LogP contribution is 2.23. The van der Waals surface area contributed by atoms with Crippen LogP contribution in [0.4, 0.5) is 11.4 Å². The Morgan fingerprint density at radius 1 is 1.24 bits per heavy atom. The first kappa shape index (κ1) is 16.3. The van der Waals surface area contributed by atoms with Crippen LogP contribution in [0.25, 0.3) is 5.82 Å². The van der Waals surface area contributed by atoms with E-state index < -0.39 is 10.8 Å². The lowest BCUT2D eigenvalue weighted by Crippen LogP contribution is -2.13. The van der Waals surface area contributed by atoms with Gasteiger partial charge < -0.3 is 5.32 Å². The number of aryl methyl sites for hydroxylation is 1. The van der Waals surface area contributed by atoms with Gasteiger partial charge in [-0.1, -0.05) is 12.1 Å². The van der Waals surface area contributed by atoms with Crippen LogP contribution in [0.2, 0.25) is 0 Å². The maximum atomic E-state index is 12.5. The normalized spacial score (nSPS) is 10.5. The number of pyridine rings is 1. The van der Waals surface area contributed by atoms with Gasteiger partial charge in [-0.05, 0) is 32.0 Å². The molecule has 0 saturated carbocycles. The molecule has 0 saturated heterocycles. The van der Waals surface area contributed by atoms with E-state index in [-0.39, 0.29) is 5.69 Å². The van der Waals surface area contributed by atoms with Gasteiger partial charge in [-0.3, -0.25) is 14.9 Å². The second kappa shape index (κ2) is 6.52. The summed E-state index contributed by atoms with van der Waals surface area (Å²) >= 11 is 0. The van der Waals surface area contributed by atoms with Gasteiger partial charge in [0, 0.05) is 23.5 Å². The topological polar surface area (TPSA) is 103 Å². The molecule has 25 heavy (non-hydrogen) atoms. The molecule has 3 aromatic rings. The first-order chi connectivity index (χ1) is 12.0.